The highest BCUT2D eigenvalue weighted by Crippen LogP contribution is 2.13. The summed E-state index contributed by atoms with van der Waals surface area (Å²) in [6.45, 7) is 4.37. The lowest BCUT2D eigenvalue weighted by atomic mass is 10.1. The van der Waals surface area contributed by atoms with Crippen molar-refractivity contribution in [2.24, 2.45) is 5.10 Å². The smallest absolute Gasteiger partial charge is 0.271 e. The third kappa shape index (κ3) is 4.43. The number of hydrogen-bond donors (Lipinski definition) is 1. The molecule has 0 saturated carbocycles. The van der Waals surface area contributed by atoms with Gasteiger partial charge in [0.15, 0.2) is 0 Å². The maximum absolute atomic E-state index is 12.0. The summed E-state index contributed by atoms with van der Waals surface area (Å²) in [7, 11) is 0. The van der Waals surface area contributed by atoms with Gasteiger partial charge in [-0.2, -0.15) is 5.10 Å². The van der Waals surface area contributed by atoms with Gasteiger partial charge in [-0.25, -0.2) is 5.43 Å². The van der Waals surface area contributed by atoms with Gasteiger partial charge in [-0.15, -0.1) is 0 Å². The molecule has 114 valence electrons. The molecule has 0 aliphatic carbocycles. The van der Waals surface area contributed by atoms with Crippen LogP contribution in [0.5, 0.6) is 5.75 Å². The summed E-state index contributed by atoms with van der Waals surface area (Å²) in [5.74, 6) is 0.494. The third-order valence-corrected chi connectivity index (χ3v) is 3.54. The molecule has 0 saturated heterocycles. The Morgan fingerprint density at radius 2 is 1.68 bits per heavy atom. The van der Waals surface area contributed by atoms with Gasteiger partial charge in [0.05, 0.1) is 12.3 Å². The fraction of sp³-hybridized carbons (Fsp3) is 0.176. The monoisotopic (exact) mass is 360 g/mol. The molecule has 2 rings (SSSR count). The van der Waals surface area contributed by atoms with Gasteiger partial charge in [-0.05, 0) is 55.8 Å². The second-order valence-corrected chi connectivity index (χ2v) is 5.52. The maximum atomic E-state index is 12.0. The first-order valence-electron chi connectivity index (χ1n) is 6.93. The molecule has 1 amide bonds. The SMILES string of the molecule is CCOc1ccc(C(=O)NN=C(C)c2ccc(Br)cc2)cc1. The van der Waals surface area contributed by atoms with E-state index in [1.165, 1.54) is 0 Å². The average molecular weight is 361 g/mol. The summed E-state index contributed by atoms with van der Waals surface area (Å²) in [5, 5.41) is 4.13. The fourth-order valence-corrected chi connectivity index (χ4v) is 2.09. The van der Waals surface area contributed by atoms with Crippen molar-refractivity contribution in [3.8, 4) is 5.75 Å². The molecule has 0 atom stereocenters. The average Bonchev–Trinajstić information content (AvgIpc) is 2.54. The van der Waals surface area contributed by atoms with Crippen LogP contribution >= 0.6 is 15.9 Å². The largest absolute Gasteiger partial charge is 0.494 e. The van der Waals surface area contributed by atoms with E-state index in [0.717, 1.165) is 21.5 Å². The van der Waals surface area contributed by atoms with E-state index in [-0.39, 0.29) is 5.91 Å². The number of hydrazone groups is 1. The molecule has 5 heteroatoms. The Morgan fingerprint density at radius 1 is 1.09 bits per heavy atom. The first-order chi connectivity index (χ1) is 10.6. The molecule has 2 aromatic carbocycles. The Bertz CT molecular complexity index is 664. The van der Waals surface area contributed by atoms with Gasteiger partial charge in [-0.1, -0.05) is 28.1 Å². The topological polar surface area (TPSA) is 50.7 Å². The van der Waals surface area contributed by atoms with Crippen molar-refractivity contribution < 1.29 is 9.53 Å². The standard InChI is InChI=1S/C17H17BrN2O2/c1-3-22-16-10-6-14(7-11-16)17(21)20-19-12(2)13-4-8-15(18)9-5-13/h4-11H,3H2,1-2H3,(H,20,21). The maximum Gasteiger partial charge on any atom is 0.271 e. The molecule has 0 bridgehead atoms. The minimum atomic E-state index is -0.250. The number of carbonyl (C=O) groups excluding carboxylic acids is 1. The highest BCUT2D eigenvalue weighted by molar-refractivity contribution is 9.10. The van der Waals surface area contributed by atoms with Gasteiger partial charge >= 0.3 is 0 Å². The lowest BCUT2D eigenvalue weighted by Gasteiger charge is -2.05. The molecule has 0 aliphatic heterocycles. The summed E-state index contributed by atoms with van der Waals surface area (Å²) in [4.78, 5) is 12.0. The Labute approximate surface area is 138 Å². The highest BCUT2D eigenvalue weighted by Gasteiger charge is 2.05. The van der Waals surface area contributed by atoms with Crippen molar-refractivity contribution >= 4 is 27.5 Å². The Morgan fingerprint density at radius 3 is 2.27 bits per heavy atom. The number of halogens is 1. The van der Waals surface area contributed by atoms with Gasteiger partial charge < -0.3 is 4.74 Å². The van der Waals surface area contributed by atoms with Crippen LogP contribution in [0.3, 0.4) is 0 Å². The molecule has 0 radical (unpaired) electrons. The number of ether oxygens (including phenoxy) is 1. The zero-order valence-electron chi connectivity index (χ0n) is 12.5. The number of benzene rings is 2. The molecule has 0 unspecified atom stereocenters. The molecule has 0 aromatic heterocycles. The van der Waals surface area contributed by atoms with Crippen LogP contribution in [0.15, 0.2) is 58.1 Å². The van der Waals surface area contributed by atoms with Crippen LogP contribution in [-0.4, -0.2) is 18.2 Å². The van der Waals surface area contributed by atoms with Gasteiger partial charge in [0.1, 0.15) is 5.75 Å². The van der Waals surface area contributed by atoms with Crippen LogP contribution in [0.2, 0.25) is 0 Å². The number of amides is 1. The predicted molar refractivity (Wildman–Crippen MR) is 91.4 cm³/mol. The lowest BCUT2D eigenvalue weighted by molar-refractivity contribution is 0.0955. The molecule has 0 fully saturated rings. The molecule has 1 N–H and O–H groups in total. The van der Waals surface area contributed by atoms with Crippen molar-refractivity contribution in [1.29, 1.82) is 0 Å². The minimum Gasteiger partial charge on any atom is -0.494 e. The third-order valence-electron chi connectivity index (χ3n) is 3.01. The van der Waals surface area contributed by atoms with Crippen LogP contribution in [0.25, 0.3) is 0 Å². The summed E-state index contributed by atoms with van der Waals surface area (Å²) < 4.78 is 6.35. The molecule has 4 nitrogen and oxygen atoms in total. The highest BCUT2D eigenvalue weighted by atomic mass is 79.9. The second-order valence-electron chi connectivity index (χ2n) is 4.60. The van der Waals surface area contributed by atoms with Crippen molar-refractivity contribution in [3.05, 3.63) is 64.1 Å². The predicted octanol–water partition coefficient (Wildman–Crippen LogP) is 4.00. The first-order valence-corrected chi connectivity index (χ1v) is 7.73. The van der Waals surface area contributed by atoms with Crippen LogP contribution in [-0.2, 0) is 0 Å². The number of carbonyl (C=O) groups is 1. The molecule has 0 spiro atoms. The van der Waals surface area contributed by atoms with Crippen LogP contribution < -0.4 is 10.2 Å². The van der Waals surface area contributed by atoms with Crippen molar-refractivity contribution in [2.45, 2.75) is 13.8 Å². The zero-order chi connectivity index (χ0) is 15.9. The zero-order valence-corrected chi connectivity index (χ0v) is 14.1. The van der Waals surface area contributed by atoms with Crippen molar-refractivity contribution in [2.75, 3.05) is 6.61 Å². The van der Waals surface area contributed by atoms with Gasteiger partial charge in [0.2, 0.25) is 0 Å². The van der Waals surface area contributed by atoms with Crippen LogP contribution in [0.4, 0.5) is 0 Å². The van der Waals surface area contributed by atoms with E-state index in [1.54, 1.807) is 24.3 Å². The van der Waals surface area contributed by atoms with E-state index in [9.17, 15) is 4.79 Å². The number of rotatable bonds is 5. The Balaban J connectivity index is 2.01. The molecule has 0 aliphatic rings. The molecular formula is C17H17BrN2O2. The quantitative estimate of drug-likeness (QED) is 0.646. The molecule has 0 heterocycles. The van der Waals surface area contributed by atoms with Crippen LogP contribution in [0, 0.1) is 0 Å². The van der Waals surface area contributed by atoms with Crippen LogP contribution in [0.1, 0.15) is 29.8 Å². The normalized spacial score (nSPS) is 11.1. The number of hydrogen-bond acceptors (Lipinski definition) is 3. The number of nitrogens with zero attached hydrogens (tertiary/aromatic N) is 1. The number of nitrogens with one attached hydrogen (secondary N) is 1. The van der Waals surface area contributed by atoms with E-state index < -0.39 is 0 Å². The Kier molecular flexibility index (Phi) is 5.72. The van der Waals surface area contributed by atoms with Crippen molar-refractivity contribution in [3.63, 3.8) is 0 Å². The van der Waals surface area contributed by atoms with E-state index in [1.807, 2.05) is 38.1 Å². The molecule has 2 aromatic rings. The first kappa shape index (κ1) is 16.2. The van der Waals surface area contributed by atoms with E-state index in [0.29, 0.717) is 12.2 Å². The van der Waals surface area contributed by atoms with E-state index in [4.69, 9.17) is 4.74 Å². The molecule has 22 heavy (non-hydrogen) atoms. The van der Waals surface area contributed by atoms with E-state index in [2.05, 4.69) is 26.5 Å². The summed E-state index contributed by atoms with van der Waals surface area (Å²) in [6.07, 6.45) is 0. The summed E-state index contributed by atoms with van der Waals surface area (Å²) >= 11 is 3.38. The van der Waals surface area contributed by atoms with Gasteiger partial charge in [0.25, 0.3) is 5.91 Å². The Hall–Kier alpha value is -2.14. The minimum absolute atomic E-state index is 0.250. The molecular weight excluding hydrogens is 344 g/mol. The van der Waals surface area contributed by atoms with Gasteiger partial charge in [-0.3, -0.25) is 4.79 Å². The lowest BCUT2D eigenvalue weighted by Crippen LogP contribution is -2.19. The fourth-order valence-electron chi connectivity index (χ4n) is 1.82. The van der Waals surface area contributed by atoms with Gasteiger partial charge in [0, 0.05) is 10.0 Å². The van der Waals surface area contributed by atoms with E-state index >= 15 is 0 Å². The summed E-state index contributed by atoms with van der Waals surface area (Å²) in [6, 6.07) is 14.7. The summed E-state index contributed by atoms with van der Waals surface area (Å²) in [5.41, 5.74) is 4.79. The second kappa shape index (κ2) is 7.75. The van der Waals surface area contributed by atoms with Crippen molar-refractivity contribution in [1.82, 2.24) is 5.43 Å².